The van der Waals surface area contributed by atoms with Crippen LogP contribution in [0, 0.1) is 17.0 Å². The number of benzene rings is 1. The van der Waals surface area contributed by atoms with Crippen LogP contribution in [0.25, 0.3) is 0 Å². The second-order valence-electron chi connectivity index (χ2n) is 1.81. The molecule has 70 valence electrons. The first kappa shape index (κ1) is 18.7. The van der Waals surface area contributed by atoms with Crippen LogP contribution in [-0.4, -0.2) is 0 Å². The molecular weight excluding hydrogens is 334 g/mol. The predicted molar refractivity (Wildman–Crippen MR) is 55.0 cm³/mol. The van der Waals surface area contributed by atoms with Gasteiger partial charge in [-0.3, -0.25) is 0 Å². The van der Waals surface area contributed by atoms with E-state index in [1.807, 2.05) is 18.2 Å². The molecule has 0 aliphatic heterocycles. The fourth-order valence-corrected chi connectivity index (χ4v) is 0.645. The van der Waals surface area contributed by atoms with E-state index in [1.165, 1.54) is 5.56 Å². The van der Waals surface area contributed by atoms with E-state index in [1.54, 1.807) is 0 Å². The largest absolute Gasteiger partial charge is 0.444 e. The molecule has 0 fully saturated rings. The fourth-order valence-electron chi connectivity index (χ4n) is 0.645. The van der Waals surface area contributed by atoms with Crippen LogP contribution in [0.2, 0.25) is 0 Å². The van der Waals surface area contributed by atoms with E-state index in [-0.39, 0.29) is 44.3 Å². The van der Waals surface area contributed by atoms with Crippen LogP contribution in [0.1, 0.15) is 5.56 Å². The molecule has 0 saturated carbocycles. The van der Waals surface area contributed by atoms with Gasteiger partial charge in [0.2, 0.25) is 0 Å². The third-order valence-electron chi connectivity index (χ3n) is 1.13. The van der Waals surface area contributed by atoms with Crippen molar-refractivity contribution >= 4 is 17.0 Å². The van der Waals surface area contributed by atoms with Crippen molar-refractivity contribution in [3.8, 4) is 0 Å². The Morgan fingerprint density at radius 1 is 1.31 bits per heavy atom. The summed E-state index contributed by atoms with van der Waals surface area (Å²) in [4.78, 5) is 8.00. The molecule has 1 rings (SSSR count). The zero-order valence-electron chi connectivity index (χ0n) is 7.18. The monoisotopic (exact) mass is 345 g/mol. The molecule has 0 amide bonds. The van der Waals surface area contributed by atoms with Crippen molar-refractivity contribution in [3.63, 3.8) is 0 Å². The number of halogens is 1. The summed E-state index contributed by atoms with van der Waals surface area (Å²) in [7, 11) is 0. The minimum atomic E-state index is 0. The third kappa shape index (κ3) is 12.0. The smallest absolute Gasteiger partial charge is 0 e. The first-order valence-electron chi connectivity index (χ1n) is 3.13. The maximum absolute atomic E-state index is 8.00. The van der Waals surface area contributed by atoms with E-state index in [9.17, 15) is 0 Å². The second kappa shape index (κ2) is 14.5. The number of hydrogen-bond acceptors (Lipinski definition) is 3. The maximum atomic E-state index is 8.00. The molecule has 0 aromatic heterocycles. The van der Waals surface area contributed by atoms with Gasteiger partial charge >= 0.3 is 0 Å². The molecule has 0 unspecified atom stereocenters. The summed E-state index contributed by atoms with van der Waals surface area (Å²) in [5, 5.41) is 9.00. The summed E-state index contributed by atoms with van der Waals surface area (Å²) in [6.45, 7) is 3.76. The molecule has 0 spiro atoms. The summed E-state index contributed by atoms with van der Waals surface area (Å²) >= 11 is 0. The Balaban J connectivity index is -0.000000180. The van der Waals surface area contributed by atoms with Crippen molar-refractivity contribution in [2.45, 2.75) is 6.42 Å². The Hall–Kier alpha value is 0.0221. The van der Waals surface area contributed by atoms with E-state index in [2.05, 4.69) is 19.1 Å². The van der Waals surface area contributed by atoms with Gasteiger partial charge in [0.05, 0.1) is 0 Å². The molecule has 0 heterocycles. The molecule has 0 atom stereocenters. The summed E-state index contributed by atoms with van der Waals surface area (Å²) in [6, 6.07) is 10.2. The molecule has 0 bridgehead atoms. The van der Waals surface area contributed by atoms with Gasteiger partial charge in [-0.2, -0.15) is 6.42 Å². The van der Waals surface area contributed by atoms with Crippen molar-refractivity contribution in [2.24, 2.45) is 5.34 Å². The molecule has 3 nitrogen and oxygen atoms in total. The van der Waals surface area contributed by atoms with Gasteiger partial charge in [-0.05, 0) is 0 Å². The summed E-state index contributed by atoms with van der Waals surface area (Å²) in [5.74, 6) is 0. The van der Waals surface area contributed by atoms with Crippen molar-refractivity contribution in [1.82, 2.24) is 0 Å². The average molecular weight is 344 g/mol. The van der Waals surface area contributed by atoms with Crippen molar-refractivity contribution in [3.05, 3.63) is 52.9 Å². The Morgan fingerprint density at radius 3 is 1.92 bits per heavy atom. The van der Waals surface area contributed by atoms with E-state index < -0.39 is 0 Å². The third-order valence-corrected chi connectivity index (χ3v) is 1.13. The molecule has 1 aromatic carbocycles. The Kier molecular flexibility index (Phi) is 21.0. The quantitative estimate of drug-likeness (QED) is 0.340. The van der Waals surface area contributed by atoms with Gasteiger partial charge in [0.25, 0.3) is 0 Å². The molecule has 1 aromatic rings. The minimum Gasteiger partial charge on any atom is -0.444 e. The van der Waals surface area contributed by atoms with E-state index in [4.69, 9.17) is 10.1 Å². The second-order valence-corrected chi connectivity index (χ2v) is 1.81. The zero-order valence-corrected chi connectivity index (χ0v) is 12.9. The molecule has 0 radical (unpaired) electrons. The maximum Gasteiger partial charge on any atom is 0 e. The predicted octanol–water partition coefficient (Wildman–Crippen LogP) is 2.89. The number of nitrogens with zero attached hydrogens (tertiary/aromatic N) is 1. The Morgan fingerprint density at radius 2 is 1.69 bits per heavy atom. The van der Waals surface area contributed by atoms with Crippen LogP contribution >= 0.6 is 17.0 Å². The zero-order chi connectivity index (χ0) is 8.53. The molecule has 13 heavy (non-hydrogen) atoms. The molecule has 0 aliphatic carbocycles. The van der Waals surface area contributed by atoms with Crippen LogP contribution in [0.15, 0.2) is 35.7 Å². The first-order valence-corrected chi connectivity index (χ1v) is 3.13. The van der Waals surface area contributed by atoms with E-state index in [0.717, 1.165) is 11.8 Å². The fraction of sp³-hybridized carbons (Fsp3) is 0.125. The van der Waals surface area contributed by atoms with Crippen LogP contribution < -0.4 is 0 Å². The molecule has 0 aliphatic rings. The first-order chi connectivity index (χ1) is 5.35. The van der Waals surface area contributed by atoms with Gasteiger partial charge < -0.3 is 17.0 Å². The number of hydrogen-bond donors (Lipinski definition) is 0. The van der Waals surface area contributed by atoms with Crippen LogP contribution in [-0.2, 0) is 33.7 Å². The molecule has 0 saturated heterocycles. The normalized spacial score (nSPS) is 6.54. The number of rotatable bonds is 1. The van der Waals surface area contributed by atoms with E-state index >= 15 is 0 Å². The summed E-state index contributed by atoms with van der Waals surface area (Å²) in [5.41, 5.74) is 1.30. The van der Waals surface area contributed by atoms with Crippen LogP contribution in [0.5, 0.6) is 0 Å². The summed E-state index contributed by atoms with van der Waals surface area (Å²) < 4.78 is 0. The molecule has 5 heteroatoms. The van der Waals surface area contributed by atoms with E-state index in [0.29, 0.717) is 0 Å². The topological polar surface area (TPSA) is 52.5 Å². The van der Waals surface area contributed by atoms with Gasteiger partial charge in [-0.25, -0.2) is 0 Å². The molecule has 0 N–H and O–H groups in total. The molecular formula is C8H10BrCdNO2-2. The Bertz CT molecular complexity index is 197. The average Bonchev–Trinajstić information content (AvgIpc) is 2.08. The SMILES string of the molecule is Br.O=N[O-].[CH2-]Cc1ccccc1.[Cd]. The Labute approximate surface area is 108 Å². The van der Waals surface area contributed by atoms with Gasteiger partial charge in [0, 0.05) is 27.3 Å². The van der Waals surface area contributed by atoms with Gasteiger partial charge in [0.1, 0.15) is 0 Å². The van der Waals surface area contributed by atoms with Gasteiger partial charge in [-0.15, -0.1) is 22.3 Å². The van der Waals surface area contributed by atoms with Crippen molar-refractivity contribution in [2.75, 3.05) is 0 Å². The van der Waals surface area contributed by atoms with Crippen molar-refractivity contribution < 1.29 is 27.3 Å². The van der Waals surface area contributed by atoms with Gasteiger partial charge in [0.15, 0.2) is 0 Å². The van der Waals surface area contributed by atoms with Crippen LogP contribution in [0.4, 0.5) is 0 Å². The van der Waals surface area contributed by atoms with Crippen molar-refractivity contribution in [1.29, 1.82) is 0 Å². The standard InChI is InChI=1S/C8H9.BrH.Cd.HNO2/c1-2-8-6-4-3-5-7-8;;;2-1-3/h3-7H,1-2H2;1H;;(H,2,3)/q-1;;;/p-1. The minimum absolute atomic E-state index is 0. The van der Waals surface area contributed by atoms with Gasteiger partial charge in [-0.1, -0.05) is 35.9 Å². The summed E-state index contributed by atoms with van der Waals surface area (Å²) in [6.07, 6.45) is 0.890. The van der Waals surface area contributed by atoms with Crippen LogP contribution in [0.3, 0.4) is 0 Å².